The zero-order valence-corrected chi connectivity index (χ0v) is 12.3. The number of hydrogen-bond acceptors (Lipinski definition) is 1. The molecule has 0 N–H and O–H groups in total. The van der Waals surface area contributed by atoms with E-state index in [9.17, 15) is 0 Å². The van der Waals surface area contributed by atoms with E-state index in [0.717, 1.165) is 0 Å². The molecule has 0 atom stereocenters. The second-order valence-corrected chi connectivity index (χ2v) is 6.51. The van der Waals surface area contributed by atoms with Crippen molar-refractivity contribution in [1.82, 2.24) is 4.90 Å². The Balaban J connectivity index is 1.93. The van der Waals surface area contributed by atoms with Gasteiger partial charge in [-0.05, 0) is 51.3 Å². The van der Waals surface area contributed by atoms with Gasteiger partial charge < -0.3 is 0 Å². The van der Waals surface area contributed by atoms with Gasteiger partial charge in [-0.1, -0.05) is 55.5 Å². The highest BCUT2D eigenvalue weighted by molar-refractivity contribution is 5.29. The van der Waals surface area contributed by atoms with Crippen molar-refractivity contribution >= 4 is 0 Å². The fourth-order valence-corrected chi connectivity index (χ4v) is 4.11. The summed E-state index contributed by atoms with van der Waals surface area (Å²) in [5, 5.41) is 0. The van der Waals surface area contributed by atoms with E-state index in [1.54, 1.807) is 5.56 Å². The molecule has 1 saturated carbocycles. The van der Waals surface area contributed by atoms with Gasteiger partial charge in [0.25, 0.3) is 0 Å². The molecule has 0 spiro atoms. The van der Waals surface area contributed by atoms with Crippen LogP contribution in [-0.2, 0) is 5.54 Å². The van der Waals surface area contributed by atoms with E-state index >= 15 is 0 Å². The standard InChI is InChI=1S/C18H27N/c1-16-8-10-17(11-9-16)18(12-4-2-5-13-18)19-14-6-3-7-15-19/h8-11H,2-7,12-15H2,1H3. The Morgan fingerprint density at radius 3 is 2.00 bits per heavy atom. The molecule has 0 unspecified atom stereocenters. The molecule has 1 saturated heterocycles. The molecule has 3 rings (SSSR count). The molecule has 0 amide bonds. The van der Waals surface area contributed by atoms with Crippen molar-refractivity contribution in [2.75, 3.05) is 13.1 Å². The lowest BCUT2D eigenvalue weighted by Gasteiger charge is -2.48. The summed E-state index contributed by atoms with van der Waals surface area (Å²) in [7, 11) is 0. The van der Waals surface area contributed by atoms with Gasteiger partial charge in [-0.25, -0.2) is 0 Å². The third-order valence-corrected chi connectivity index (χ3v) is 5.23. The zero-order valence-electron chi connectivity index (χ0n) is 12.3. The molecule has 104 valence electrons. The van der Waals surface area contributed by atoms with Crippen LogP contribution in [0, 0.1) is 6.92 Å². The molecule has 0 bridgehead atoms. The number of likely N-dealkylation sites (tertiary alicyclic amines) is 1. The third kappa shape index (κ3) is 2.58. The van der Waals surface area contributed by atoms with Gasteiger partial charge in [0.1, 0.15) is 0 Å². The number of piperidine rings is 1. The van der Waals surface area contributed by atoms with Crippen LogP contribution >= 0.6 is 0 Å². The van der Waals surface area contributed by atoms with Crippen molar-refractivity contribution in [3.05, 3.63) is 35.4 Å². The van der Waals surface area contributed by atoms with Gasteiger partial charge in [0.2, 0.25) is 0 Å². The Morgan fingerprint density at radius 1 is 0.789 bits per heavy atom. The van der Waals surface area contributed by atoms with Gasteiger partial charge in [0.15, 0.2) is 0 Å². The van der Waals surface area contributed by atoms with E-state index < -0.39 is 0 Å². The van der Waals surface area contributed by atoms with Crippen LogP contribution in [0.15, 0.2) is 24.3 Å². The summed E-state index contributed by atoms with van der Waals surface area (Å²) in [6, 6.07) is 9.40. The van der Waals surface area contributed by atoms with Gasteiger partial charge in [0, 0.05) is 5.54 Å². The fourth-order valence-electron chi connectivity index (χ4n) is 4.11. The molecule has 0 radical (unpaired) electrons. The quantitative estimate of drug-likeness (QED) is 0.746. The highest BCUT2D eigenvalue weighted by Crippen LogP contribution is 2.43. The molecule has 1 aliphatic carbocycles. The molecule has 2 fully saturated rings. The van der Waals surface area contributed by atoms with Gasteiger partial charge in [-0.2, -0.15) is 0 Å². The smallest absolute Gasteiger partial charge is 0.0460 e. The average Bonchev–Trinajstić information content (AvgIpc) is 2.49. The maximum atomic E-state index is 2.82. The highest BCUT2D eigenvalue weighted by atomic mass is 15.2. The van der Waals surface area contributed by atoms with E-state index in [1.807, 2.05) is 0 Å². The van der Waals surface area contributed by atoms with Crippen LogP contribution in [0.5, 0.6) is 0 Å². The van der Waals surface area contributed by atoms with Gasteiger partial charge >= 0.3 is 0 Å². The number of benzene rings is 1. The van der Waals surface area contributed by atoms with Crippen molar-refractivity contribution in [3.8, 4) is 0 Å². The minimum atomic E-state index is 0.367. The highest BCUT2D eigenvalue weighted by Gasteiger charge is 2.39. The average molecular weight is 257 g/mol. The summed E-state index contributed by atoms with van der Waals surface area (Å²) >= 11 is 0. The first-order valence-corrected chi connectivity index (χ1v) is 8.13. The predicted octanol–water partition coefficient (Wildman–Crippen LogP) is 4.64. The van der Waals surface area contributed by atoms with Gasteiger partial charge in [-0.15, -0.1) is 0 Å². The Bertz CT molecular complexity index is 394. The van der Waals surface area contributed by atoms with Crippen molar-refractivity contribution in [1.29, 1.82) is 0 Å². The largest absolute Gasteiger partial charge is 0.294 e. The summed E-state index contributed by atoms with van der Waals surface area (Å²) in [6.45, 7) is 4.82. The van der Waals surface area contributed by atoms with Crippen molar-refractivity contribution < 1.29 is 0 Å². The minimum Gasteiger partial charge on any atom is -0.294 e. The fraction of sp³-hybridized carbons (Fsp3) is 0.667. The van der Waals surface area contributed by atoms with E-state index in [2.05, 4.69) is 36.1 Å². The Labute approximate surface area is 118 Å². The lowest BCUT2D eigenvalue weighted by molar-refractivity contribution is 0.0303. The van der Waals surface area contributed by atoms with Crippen LogP contribution in [0.2, 0.25) is 0 Å². The summed E-state index contributed by atoms with van der Waals surface area (Å²) in [5.74, 6) is 0. The summed E-state index contributed by atoms with van der Waals surface area (Å²) in [5.41, 5.74) is 3.33. The minimum absolute atomic E-state index is 0.367. The molecular formula is C18H27N. The Morgan fingerprint density at radius 2 is 1.37 bits per heavy atom. The molecule has 1 heterocycles. The monoisotopic (exact) mass is 257 g/mol. The molecule has 1 aromatic rings. The topological polar surface area (TPSA) is 3.24 Å². The van der Waals surface area contributed by atoms with Crippen LogP contribution in [0.1, 0.15) is 62.5 Å². The van der Waals surface area contributed by atoms with Gasteiger partial charge in [-0.3, -0.25) is 4.90 Å². The number of hydrogen-bond donors (Lipinski definition) is 0. The van der Waals surface area contributed by atoms with E-state index in [0.29, 0.717) is 5.54 Å². The first-order valence-electron chi connectivity index (χ1n) is 8.13. The summed E-state index contributed by atoms with van der Waals surface area (Å²) < 4.78 is 0. The summed E-state index contributed by atoms with van der Waals surface area (Å²) in [4.78, 5) is 2.82. The summed E-state index contributed by atoms with van der Waals surface area (Å²) in [6.07, 6.45) is 11.2. The van der Waals surface area contributed by atoms with Crippen molar-refractivity contribution in [2.45, 2.75) is 63.8 Å². The van der Waals surface area contributed by atoms with E-state index in [-0.39, 0.29) is 0 Å². The molecule has 2 aliphatic rings. The Hall–Kier alpha value is -0.820. The first kappa shape index (κ1) is 13.2. The first-order chi connectivity index (χ1) is 9.31. The molecule has 1 heteroatoms. The van der Waals surface area contributed by atoms with Crippen molar-refractivity contribution in [3.63, 3.8) is 0 Å². The van der Waals surface area contributed by atoms with Crippen LogP contribution in [0.25, 0.3) is 0 Å². The third-order valence-electron chi connectivity index (χ3n) is 5.23. The molecule has 1 nitrogen and oxygen atoms in total. The SMILES string of the molecule is Cc1ccc(C2(N3CCCCC3)CCCCC2)cc1. The van der Waals surface area contributed by atoms with Crippen molar-refractivity contribution in [2.24, 2.45) is 0 Å². The lowest BCUT2D eigenvalue weighted by atomic mass is 9.74. The van der Waals surface area contributed by atoms with E-state index in [4.69, 9.17) is 0 Å². The lowest BCUT2D eigenvalue weighted by Crippen LogP contribution is -2.49. The second-order valence-electron chi connectivity index (χ2n) is 6.51. The second kappa shape index (κ2) is 5.66. The number of nitrogens with zero attached hydrogens (tertiary/aromatic N) is 1. The zero-order chi connectivity index (χ0) is 13.1. The van der Waals surface area contributed by atoms with E-state index in [1.165, 1.54) is 70.0 Å². The maximum absolute atomic E-state index is 2.82. The van der Waals surface area contributed by atoms with Gasteiger partial charge in [0.05, 0.1) is 0 Å². The van der Waals surface area contributed by atoms with Crippen LogP contribution in [0.3, 0.4) is 0 Å². The molecule has 19 heavy (non-hydrogen) atoms. The number of aryl methyl sites for hydroxylation is 1. The molecule has 0 aromatic heterocycles. The molecule has 1 aromatic carbocycles. The van der Waals surface area contributed by atoms with Crippen LogP contribution < -0.4 is 0 Å². The molecular weight excluding hydrogens is 230 g/mol. The van der Waals surface area contributed by atoms with Crippen LogP contribution in [0.4, 0.5) is 0 Å². The normalized spacial score (nSPS) is 24.3. The number of rotatable bonds is 2. The molecule has 1 aliphatic heterocycles. The Kier molecular flexibility index (Phi) is 3.93. The maximum Gasteiger partial charge on any atom is 0.0460 e. The predicted molar refractivity (Wildman–Crippen MR) is 81.4 cm³/mol. The van der Waals surface area contributed by atoms with Crippen LogP contribution in [-0.4, -0.2) is 18.0 Å².